The van der Waals surface area contributed by atoms with Crippen molar-refractivity contribution in [3.63, 3.8) is 0 Å². The van der Waals surface area contributed by atoms with Crippen molar-refractivity contribution < 1.29 is 8.42 Å². The summed E-state index contributed by atoms with van der Waals surface area (Å²) < 4.78 is 22.9. The minimum atomic E-state index is -2.95. The van der Waals surface area contributed by atoms with Crippen LogP contribution in [-0.2, 0) is 16.4 Å². The third kappa shape index (κ3) is 4.86. The summed E-state index contributed by atoms with van der Waals surface area (Å²) in [7, 11) is -2.95. The van der Waals surface area contributed by atoms with E-state index >= 15 is 0 Å². The van der Waals surface area contributed by atoms with Crippen molar-refractivity contribution in [2.75, 3.05) is 11.5 Å². The fraction of sp³-hybridized carbons (Fsp3) is 0.462. The van der Waals surface area contributed by atoms with E-state index < -0.39 is 9.84 Å². The molecule has 1 unspecified atom stereocenters. The Morgan fingerprint density at radius 3 is 2.78 bits per heavy atom. The fourth-order valence-corrected chi connectivity index (χ4v) is 2.72. The third-order valence-corrected chi connectivity index (χ3v) is 4.54. The predicted octanol–water partition coefficient (Wildman–Crippen LogP) is 1.47. The lowest BCUT2D eigenvalue weighted by Crippen LogP contribution is -2.33. The van der Waals surface area contributed by atoms with Crippen LogP contribution in [-0.4, -0.2) is 26.0 Å². The van der Waals surface area contributed by atoms with Crippen molar-refractivity contribution in [3.8, 4) is 6.07 Å². The van der Waals surface area contributed by atoms with E-state index in [-0.39, 0.29) is 17.5 Å². The van der Waals surface area contributed by atoms with E-state index in [1.165, 1.54) is 0 Å². The molecule has 5 heteroatoms. The Morgan fingerprint density at radius 2 is 2.17 bits per heavy atom. The van der Waals surface area contributed by atoms with E-state index in [1.54, 1.807) is 19.1 Å². The zero-order chi connectivity index (χ0) is 13.6. The molecule has 0 aliphatic carbocycles. The van der Waals surface area contributed by atoms with Crippen molar-refractivity contribution in [3.05, 3.63) is 35.4 Å². The number of hydrogen-bond donors (Lipinski definition) is 1. The Kier molecular flexibility index (Phi) is 5.32. The molecular formula is C13H18N2O2S. The van der Waals surface area contributed by atoms with Gasteiger partial charge in [-0.25, -0.2) is 8.42 Å². The fourth-order valence-electron chi connectivity index (χ4n) is 1.60. The van der Waals surface area contributed by atoms with Crippen molar-refractivity contribution in [1.29, 1.82) is 5.26 Å². The van der Waals surface area contributed by atoms with Crippen LogP contribution in [0.2, 0.25) is 0 Å². The summed E-state index contributed by atoms with van der Waals surface area (Å²) in [4.78, 5) is 0. The SMILES string of the molecule is CCS(=O)(=O)CC(C)NCc1cccc(C#N)c1. The lowest BCUT2D eigenvalue weighted by molar-refractivity contribution is 0.557. The highest BCUT2D eigenvalue weighted by Crippen LogP contribution is 2.04. The zero-order valence-electron chi connectivity index (χ0n) is 10.7. The summed E-state index contributed by atoms with van der Waals surface area (Å²) in [5.41, 5.74) is 1.60. The Hall–Kier alpha value is -1.38. The Labute approximate surface area is 109 Å². The predicted molar refractivity (Wildman–Crippen MR) is 71.8 cm³/mol. The van der Waals surface area contributed by atoms with Crippen LogP contribution in [0.25, 0.3) is 0 Å². The van der Waals surface area contributed by atoms with Crippen LogP contribution in [0.4, 0.5) is 0 Å². The number of rotatable bonds is 6. The molecule has 1 N–H and O–H groups in total. The molecule has 1 aromatic carbocycles. The molecule has 0 spiro atoms. The van der Waals surface area contributed by atoms with Gasteiger partial charge in [0, 0.05) is 18.3 Å². The highest BCUT2D eigenvalue weighted by molar-refractivity contribution is 7.91. The summed E-state index contributed by atoms with van der Waals surface area (Å²) in [5, 5.41) is 11.9. The second-order valence-corrected chi connectivity index (χ2v) is 6.69. The van der Waals surface area contributed by atoms with Crippen LogP contribution in [0, 0.1) is 11.3 Å². The monoisotopic (exact) mass is 266 g/mol. The van der Waals surface area contributed by atoms with Crippen LogP contribution in [0.3, 0.4) is 0 Å². The van der Waals surface area contributed by atoms with Gasteiger partial charge >= 0.3 is 0 Å². The van der Waals surface area contributed by atoms with Gasteiger partial charge in [0.05, 0.1) is 17.4 Å². The van der Waals surface area contributed by atoms with Crippen LogP contribution >= 0.6 is 0 Å². The topological polar surface area (TPSA) is 70.0 Å². The Morgan fingerprint density at radius 1 is 1.44 bits per heavy atom. The first-order valence-electron chi connectivity index (χ1n) is 5.89. The molecule has 0 saturated carbocycles. The maximum atomic E-state index is 11.4. The highest BCUT2D eigenvalue weighted by atomic mass is 32.2. The number of sulfone groups is 1. The van der Waals surface area contributed by atoms with Gasteiger partial charge in [-0.2, -0.15) is 5.26 Å². The zero-order valence-corrected chi connectivity index (χ0v) is 11.5. The average Bonchev–Trinajstić information content (AvgIpc) is 2.36. The number of benzene rings is 1. The smallest absolute Gasteiger partial charge is 0.151 e. The van der Waals surface area contributed by atoms with E-state index in [0.717, 1.165) is 5.56 Å². The molecule has 1 rings (SSSR count). The number of hydrogen-bond acceptors (Lipinski definition) is 4. The van der Waals surface area contributed by atoms with Gasteiger partial charge in [0.1, 0.15) is 0 Å². The minimum absolute atomic E-state index is 0.0966. The maximum Gasteiger partial charge on any atom is 0.151 e. The molecule has 0 aliphatic rings. The second-order valence-electron chi connectivity index (χ2n) is 4.29. The van der Waals surface area contributed by atoms with Gasteiger partial charge in [0.15, 0.2) is 9.84 Å². The van der Waals surface area contributed by atoms with Crippen LogP contribution in [0.5, 0.6) is 0 Å². The standard InChI is InChI=1S/C13H18N2O2S/c1-3-18(16,17)10-11(2)15-9-13-6-4-5-12(7-13)8-14/h4-7,11,15H,3,9-10H2,1-2H3. The summed E-state index contributed by atoms with van der Waals surface area (Å²) in [6.45, 7) is 4.07. The van der Waals surface area contributed by atoms with Crippen molar-refractivity contribution >= 4 is 9.84 Å². The maximum absolute atomic E-state index is 11.4. The summed E-state index contributed by atoms with van der Waals surface area (Å²) in [6, 6.07) is 9.26. The molecule has 0 aromatic heterocycles. The summed E-state index contributed by atoms with van der Waals surface area (Å²) in [6.07, 6.45) is 0. The molecule has 0 aliphatic heterocycles. The number of nitriles is 1. The lowest BCUT2D eigenvalue weighted by Gasteiger charge is -2.13. The van der Waals surface area contributed by atoms with Crippen molar-refractivity contribution in [2.45, 2.75) is 26.4 Å². The second kappa shape index (κ2) is 6.53. The Bertz CT molecular complexity index is 532. The molecule has 0 saturated heterocycles. The van der Waals surface area contributed by atoms with E-state index in [0.29, 0.717) is 12.1 Å². The quantitative estimate of drug-likeness (QED) is 0.846. The third-order valence-electron chi connectivity index (χ3n) is 2.65. The molecule has 0 radical (unpaired) electrons. The van der Waals surface area contributed by atoms with E-state index in [2.05, 4.69) is 11.4 Å². The van der Waals surface area contributed by atoms with Crippen LogP contribution in [0.15, 0.2) is 24.3 Å². The van der Waals surface area contributed by atoms with Crippen molar-refractivity contribution in [2.24, 2.45) is 0 Å². The average molecular weight is 266 g/mol. The normalized spacial score (nSPS) is 12.9. The molecular weight excluding hydrogens is 248 g/mol. The van der Waals surface area contributed by atoms with Crippen LogP contribution < -0.4 is 5.32 Å². The highest BCUT2D eigenvalue weighted by Gasteiger charge is 2.12. The largest absolute Gasteiger partial charge is 0.309 e. The van der Waals surface area contributed by atoms with Crippen LogP contribution in [0.1, 0.15) is 25.0 Å². The molecule has 0 fully saturated rings. The number of nitrogens with one attached hydrogen (secondary N) is 1. The molecule has 4 nitrogen and oxygen atoms in total. The molecule has 0 bridgehead atoms. The number of nitrogens with zero attached hydrogens (tertiary/aromatic N) is 1. The van der Waals surface area contributed by atoms with Crippen molar-refractivity contribution in [1.82, 2.24) is 5.32 Å². The molecule has 1 aromatic rings. The first-order valence-corrected chi connectivity index (χ1v) is 7.72. The van der Waals surface area contributed by atoms with Gasteiger partial charge in [-0.3, -0.25) is 0 Å². The van der Waals surface area contributed by atoms with E-state index in [1.807, 2.05) is 19.1 Å². The van der Waals surface area contributed by atoms with Gasteiger partial charge in [-0.05, 0) is 24.6 Å². The molecule has 1 atom stereocenters. The first-order chi connectivity index (χ1) is 8.46. The first kappa shape index (κ1) is 14.7. The van der Waals surface area contributed by atoms with E-state index in [4.69, 9.17) is 5.26 Å². The molecule has 18 heavy (non-hydrogen) atoms. The minimum Gasteiger partial charge on any atom is -0.309 e. The van der Waals surface area contributed by atoms with Gasteiger partial charge in [-0.1, -0.05) is 19.1 Å². The summed E-state index contributed by atoms with van der Waals surface area (Å²) in [5.74, 6) is 0.310. The Balaban J connectivity index is 2.53. The van der Waals surface area contributed by atoms with E-state index in [9.17, 15) is 8.42 Å². The molecule has 0 amide bonds. The van der Waals surface area contributed by atoms with Gasteiger partial charge < -0.3 is 5.32 Å². The molecule has 98 valence electrons. The van der Waals surface area contributed by atoms with Gasteiger partial charge in [0.25, 0.3) is 0 Å². The lowest BCUT2D eigenvalue weighted by atomic mass is 10.1. The van der Waals surface area contributed by atoms with Gasteiger partial charge in [-0.15, -0.1) is 0 Å². The van der Waals surface area contributed by atoms with Gasteiger partial charge in [0.2, 0.25) is 0 Å². The summed E-state index contributed by atoms with van der Waals surface area (Å²) >= 11 is 0. The molecule has 0 heterocycles.